The van der Waals surface area contributed by atoms with Crippen LogP contribution in [0.5, 0.6) is 0 Å². The molecule has 1 N–H and O–H groups in total. The van der Waals surface area contributed by atoms with Gasteiger partial charge in [0.15, 0.2) is 0 Å². The van der Waals surface area contributed by atoms with Gasteiger partial charge in [0.1, 0.15) is 5.83 Å². The van der Waals surface area contributed by atoms with E-state index in [0.29, 0.717) is 41.2 Å². The molecule has 4 aromatic rings. The highest BCUT2D eigenvalue weighted by atomic mass is 35.5. The Hall–Kier alpha value is -4.06. The quantitative estimate of drug-likeness (QED) is 0.338. The predicted molar refractivity (Wildman–Crippen MR) is 138 cm³/mol. The number of hydrogen-bond donors (Lipinski definition) is 1. The first-order valence-corrected chi connectivity index (χ1v) is 12.1. The number of benzene rings is 2. The monoisotopic (exact) mass is 517 g/mol. The van der Waals surface area contributed by atoms with E-state index in [0.717, 1.165) is 22.2 Å². The summed E-state index contributed by atoms with van der Waals surface area (Å²) in [4.78, 5) is 18.8. The molecule has 0 saturated heterocycles. The molecule has 5 rings (SSSR count). The molecular formula is C28H22ClF2N5O. The zero-order valence-electron chi connectivity index (χ0n) is 19.7. The first-order chi connectivity index (χ1) is 17.9. The summed E-state index contributed by atoms with van der Waals surface area (Å²) in [6.07, 6.45) is 3.36. The Bertz CT molecular complexity index is 1560. The zero-order chi connectivity index (χ0) is 25.9. The molecule has 9 heteroatoms. The lowest BCUT2D eigenvalue weighted by molar-refractivity contribution is 0.238. The van der Waals surface area contributed by atoms with Crippen LogP contribution in [0, 0.1) is 17.3 Å². The topological polar surface area (TPSA) is 74.0 Å². The molecule has 186 valence electrons. The van der Waals surface area contributed by atoms with Crippen LogP contribution >= 0.6 is 11.6 Å². The Morgan fingerprint density at radius 3 is 2.76 bits per heavy atom. The second-order valence-electron chi connectivity index (χ2n) is 8.85. The van der Waals surface area contributed by atoms with Gasteiger partial charge in [-0.25, -0.2) is 14.2 Å². The fourth-order valence-corrected chi connectivity index (χ4v) is 4.79. The first-order valence-electron chi connectivity index (χ1n) is 11.7. The van der Waals surface area contributed by atoms with Crippen molar-refractivity contribution >= 4 is 34.6 Å². The molecule has 0 unspecified atom stereocenters. The van der Waals surface area contributed by atoms with Gasteiger partial charge >= 0.3 is 6.03 Å². The number of aromatic nitrogens is 2. The van der Waals surface area contributed by atoms with Gasteiger partial charge < -0.3 is 5.32 Å². The van der Waals surface area contributed by atoms with Gasteiger partial charge in [-0.15, -0.1) is 0 Å². The van der Waals surface area contributed by atoms with E-state index in [4.69, 9.17) is 11.6 Å². The summed E-state index contributed by atoms with van der Waals surface area (Å²) in [6, 6.07) is 16.8. The highest BCUT2D eigenvalue weighted by Crippen LogP contribution is 2.32. The summed E-state index contributed by atoms with van der Waals surface area (Å²) < 4.78 is 29.9. The van der Waals surface area contributed by atoms with Gasteiger partial charge in [0.05, 0.1) is 23.7 Å². The molecule has 0 fully saturated rings. The zero-order valence-corrected chi connectivity index (χ0v) is 20.5. The lowest BCUT2D eigenvalue weighted by Gasteiger charge is -2.27. The van der Waals surface area contributed by atoms with Crippen molar-refractivity contribution in [1.82, 2.24) is 19.8 Å². The maximum atomic E-state index is 14.8. The Morgan fingerprint density at radius 2 is 2.00 bits per heavy atom. The van der Waals surface area contributed by atoms with Crippen molar-refractivity contribution in [3.05, 3.63) is 106 Å². The van der Waals surface area contributed by atoms with Gasteiger partial charge in [0, 0.05) is 48.4 Å². The maximum absolute atomic E-state index is 14.8. The summed E-state index contributed by atoms with van der Waals surface area (Å²) in [5, 5.41) is 13.6. The summed E-state index contributed by atoms with van der Waals surface area (Å²) in [7, 11) is 0. The number of hydrogen-bond acceptors (Lipinski definition) is 4. The lowest BCUT2D eigenvalue weighted by Crippen LogP contribution is -2.35. The van der Waals surface area contributed by atoms with E-state index in [1.807, 2.05) is 4.90 Å². The summed E-state index contributed by atoms with van der Waals surface area (Å²) >= 11 is 5.91. The Balaban J connectivity index is 1.41. The van der Waals surface area contributed by atoms with Crippen LogP contribution in [0.25, 0.3) is 17.0 Å². The van der Waals surface area contributed by atoms with Crippen molar-refractivity contribution in [3.63, 3.8) is 0 Å². The molecule has 0 saturated carbocycles. The van der Waals surface area contributed by atoms with E-state index >= 15 is 0 Å². The molecule has 0 atom stereocenters. The highest BCUT2D eigenvalue weighted by molar-refractivity contribution is 6.30. The minimum Gasteiger partial charge on any atom is -0.333 e. The highest BCUT2D eigenvalue weighted by Gasteiger charge is 2.27. The molecule has 1 aliphatic heterocycles. The number of nitrogens with zero attached hydrogens (tertiary/aromatic N) is 4. The second-order valence-corrected chi connectivity index (χ2v) is 9.29. The molecule has 0 radical (unpaired) electrons. The van der Waals surface area contributed by atoms with Gasteiger partial charge in [0.25, 0.3) is 0 Å². The van der Waals surface area contributed by atoms with E-state index in [9.17, 15) is 18.8 Å². The normalized spacial score (nSPS) is 13.8. The standard InChI is InChI=1S/C28H22ClF2N5O/c29-21-4-1-18(2-5-21)11-22(30)16-35-10-8-26-24(17-35)23-12-19(14-32)3-6-25(23)36(26)28(37)34-15-20-7-9-33-27(31)13-20/h1-7,9,11-13H,8,10,15-17H2,(H,34,37)/b22-11-. The molecule has 2 aromatic heterocycles. The summed E-state index contributed by atoms with van der Waals surface area (Å²) in [5.74, 6) is -0.897. The fourth-order valence-electron chi connectivity index (χ4n) is 4.66. The molecule has 37 heavy (non-hydrogen) atoms. The van der Waals surface area contributed by atoms with Crippen molar-refractivity contribution in [2.75, 3.05) is 13.1 Å². The van der Waals surface area contributed by atoms with E-state index in [1.54, 1.807) is 53.1 Å². The van der Waals surface area contributed by atoms with Gasteiger partial charge in [-0.2, -0.15) is 9.65 Å². The van der Waals surface area contributed by atoms with Gasteiger partial charge in [-0.3, -0.25) is 9.47 Å². The van der Waals surface area contributed by atoms with E-state index < -0.39 is 5.95 Å². The van der Waals surface area contributed by atoms with Crippen molar-refractivity contribution < 1.29 is 13.6 Å². The molecule has 3 heterocycles. The third-order valence-electron chi connectivity index (χ3n) is 6.36. The molecule has 0 spiro atoms. The largest absolute Gasteiger partial charge is 0.333 e. The number of fused-ring (bicyclic) bond motifs is 3. The lowest BCUT2D eigenvalue weighted by atomic mass is 10.0. The van der Waals surface area contributed by atoms with Crippen LogP contribution in [0.3, 0.4) is 0 Å². The van der Waals surface area contributed by atoms with Crippen LogP contribution < -0.4 is 5.32 Å². The van der Waals surface area contributed by atoms with Crippen molar-refractivity contribution in [2.24, 2.45) is 0 Å². The van der Waals surface area contributed by atoms with Gasteiger partial charge in [-0.05, 0) is 65.2 Å². The van der Waals surface area contributed by atoms with Crippen molar-refractivity contribution in [1.29, 1.82) is 5.26 Å². The minimum atomic E-state index is -0.614. The van der Waals surface area contributed by atoms with Crippen LogP contribution in [-0.4, -0.2) is 33.6 Å². The van der Waals surface area contributed by atoms with Crippen molar-refractivity contribution in [3.8, 4) is 6.07 Å². The van der Waals surface area contributed by atoms with E-state index in [-0.39, 0.29) is 24.9 Å². The van der Waals surface area contributed by atoms with E-state index in [2.05, 4.69) is 16.4 Å². The minimum absolute atomic E-state index is 0.118. The summed E-state index contributed by atoms with van der Waals surface area (Å²) in [6.45, 7) is 1.24. The molecule has 1 amide bonds. The number of nitriles is 1. The number of halogens is 3. The van der Waals surface area contributed by atoms with Crippen LogP contribution in [0.4, 0.5) is 13.6 Å². The number of carbonyl (C=O) groups is 1. The second kappa shape index (κ2) is 10.5. The van der Waals surface area contributed by atoms with Gasteiger partial charge in [0.2, 0.25) is 5.95 Å². The van der Waals surface area contributed by atoms with Crippen LogP contribution in [0.15, 0.2) is 66.6 Å². The maximum Gasteiger partial charge on any atom is 0.326 e. The Labute approximate surface area is 217 Å². The first kappa shape index (κ1) is 24.6. The molecule has 2 aromatic carbocycles. The smallest absolute Gasteiger partial charge is 0.326 e. The van der Waals surface area contributed by atoms with E-state index in [1.165, 1.54) is 18.3 Å². The van der Waals surface area contributed by atoms with Gasteiger partial charge in [-0.1, -0.05) is 23.7 Å². The average Bonchev–Trinajstić information content (AvgIpc) is 3.21. The number of amides is 1. The SMILES string of the molecule is N#Cc1ccc2c(c1)c1c(n2C(=O)NCc2ccnc(F)c2)CCN(C/C(F)=C/c2ccc(Cl)cc2)C1. The molecule has 0 bridgehead atoms. The number of nitrogens with one attached hydrogen (secondary N) is 1. The fraction of sp³-hybridized carbons (Fsp3) is 0.179. The molecular weight excluding hydrogens is 496 g/mol. The number of rotatable bonds is 5. The third-order valence-corrected chi connectivity index (χ3v) is 6.61. The Kier molecular flexibility index (Phi) is 6.99. The van der Waals surface area contributed by atoms with Crippen molar-refractivity contribution in [2.45, 2.75) is 19.5 Å². The van der Waals surface area contributed by atoms with Crippen LogP contribution in [0.2, 0.25) is 5.02 Å². The van der Waals surface area contributed by atoms with Crippen LogP contribution in [-0.2, 0) is 19.5 Å². The molecule has 6 nitrogen and oxygen atoms in total. The number of carbonyl (C=O) groups excluding carboxylic acids is 1. The average molecular weight is 518 g/mol. The Morgan fingerprint density at radius 1 is 1.19 bits per heavy atom. The molecule has 0 aliphatic carbocycles. The summed E-state index contributed by atoms with van der Waals surface area (Å²) in [5.41, 5.74) is 4.17. The molecule has 1 aliphatic rings. The third kappa shape index (κ3) is 5.38. The predicted octanol–water partition coefficient (Wildman–Crippen LogP) is 5.83. The number of pyridine rings is 1. The van der Waals surface area contributed by atoms with Crippen LogP contribution in [0.1, 0.15) is 27.9 Å².